The minimum atomic E-state index is -0.429. The summed E-state index contributed by atoms with van der Waals surface area (Å²) in [5.41, 5.74) is 19.3. The third kappa shape index (κ3) is 7.16. The van der Waals surface area contributed by atoms with Gasteiger partial charge in [-0.25, -0.2) is 4.99 Å². The first kappa shape index (κ1) is 23.4. The van der Waals surface area contributed by atoms with Crippen LogP contribution >= 0.6 is 0 Å². The van der Waals surface area contributed by atoms with E-state index in [4.69, 9.17) is 11.5 Å². The Balaban J connectivity index is 0.000000248. The van der Waals surface area contributed by atoms with Crippen molar-refractivity contribution in [1.29, 1.82) is 0 Å². The summed E-state index contributed by atoms with van der Waals surface area (Å²) < 4.78 is 0. The summed E-state index contributed by atoms with van der Waals surface area (Å²) in [6.45, 7) is 12.9. The fourth-order valence-electron chi connectivity index (χ4n) is 2.84. The predicted molar refractivity (Wildman–Crippen MR) is 130 cm³/mol. The summed E-state index contributed by atoms with van der Waals surface area (Å²) in [5.74, 6) is 0.466. The molecule has 0 spiro atoms. The van der Waals surface area contributed by atoms with E-state index in [0.29, 0.717) is 5.84 Å². The topological polar surface area (TPSA) is 64.4 Å². The maximum atomic E-state index is 6.05. The summed E-state index contributed by atoms with van der Waals surface area (Å²) >= 11 is 0. The Kier molecular flexibility index (Phi) is 7.96. The van der Waals surface area contributed by atoms with Crippen molar-refractivity contribution < 1.29 is 0 Å². The largest absolute Gasteiger partial charge is 0.383 e. The first-order valence-corrected chi connectivity index (χ1v) is 10.4. The number of nitrogens with two attached hydrogens (primary N) is 2. The molecule has 0 aliphatic rings. The van der Waals surface area contributed by atoms with Crippen LogP contribution in [0.15, 0.2) is 77.8 Å². The molecule has 4 N–H and O–H groups in total. The van der Waals surface area contributed by atoms with Gasteiger partial charge in [-0.05, 0) is 37.3 Å². The molecule has 1 unspecified atom stereocenters. The van der Waals surface area contributed by atoms with Crippen LogP contribution in [0, 0.1) is 20.8 Å². The molecule has 0 bridgehead atoms. The van der Waals surface area contributed by atoms with Gasteiger partial charge in [-0.15, -0.1) is 0 Å². The van der Waals surface area contributed by atoms with Crippen LogP contribution in [0.2, 0.25) is 0 Å². The van der Waals surface area contributed by atoms with Gasteiger partial charge in [0, 0.05) is 5.56 Å². The Morgan fingerprint density at radius 2 is 1.10 bits per heavy atom. The summed E-state index contributed by atoms with van der Waals surface area (Å²) in [6, 6.07) is 24.7. The lowest BCUT2D eigenvalue weighted by molar-refractivity contribution is 0.590. The van der Waals surface area contributed by atoms with Crippen molar-refractivity contribution in [2.45, 2.75) is 53.1 Å². The fraction of sp³-hybridized carbons (Fsp3) is 0.296. The molecule has 0 radical (unpaired) electrons. The number of nitrogens with zero attached hydrogens (tertiary/aromatic N) is 1. The summed E-state index contributed by atoms with van der Waals surface area (Å²) in [6.07, 6.45) is -0.429. The van der Waals surface area contributed by atoms with Crippen molar-refractivity contribution in [3.8, 4) is 0 Å². The fourth-order valence-corrected chi connectivity index (χ4v) is 2.84. The molecule has 0 amide bonds. The van der Waals surface area contributed by atoms with E-state index >= 15 is 0 Å². The van der Waals surface area contributed by atoms with Gasteiger partial charge in [0.15, 0.2) is 0 Å². The highest BCUT2D eigenvalue weighted by atomic mass is 15.0. The minimum absolute atomic E-state index is 0.285. The number of aryl methyl sites for hydroxylation is 3. The molecule has 3 heteroatoms. The standard InChI is InChI=1S/C16H19N3.C11H16/c1-11-3-7-13(8-4-11)15(17)19-16(18)14-9-5-12(2)6-10-14;1-9-5-7-10(8-6-9)11(2,3)4/h3-10,15H,17H2,1-2H3,(H2,18,19);5-8H,1-4H3. The van der Waals surface area contributed by atoms with Crippen LogP contribution in [-0.2, 0) is 5.41 Å². The van der Waals surface area contributed by atoms with E-state index in [0.717, 1.165) is 11.1 Å². The third-order valence-electron chi connectivity index (χ3n) is 4.96. The van der Waals surface area contributed by atoms with Gasteiger partial charge in [0.05, 0.1) is 0 Å². The molecule has 3 aromatic carbocycles. The zero-order chi connectivity index (χ0) is 22.3. The van der Waals surface area contributed by atoms with E-state index in [1.165, 1.54) is 22.3 Å². The second-order valence-electron chi connectivity index (χ2n) is 8.85. The summed E-state index contributed by atoms with van der Waals surface area (Å²) in [5, 5.41) is 0. The molecule has 3 aromatic rings. The highest BCUT2D eigenvalue weighted by Gasteiger charge is 2.12. The molecule has 0 aliphatic carbocycles. The Labute approximate surface area is 181 Å². The van der Waals surface area contributed by atoms with Crippen LogP contribution in [0.3, 0.4) is 0 Å². The number of rotatable bonds is 3. The molecule has 1 atom stereocenters. The van der Waals surface area contributed by atoms with E-state index in [1.54, 1.807) is 0 Å². The third-order valence-corrected chi connectivity index (χ3v) is 4.96. The van der Waals surface area contributed by atoms with Crippen molar-refractivity contribution in [2.75, 3.05) is 0 Å². The van der Waals surface area contributed by atoms with Crippen LogP contribution < -0.4 is 11.5 Å². The highest BCUT2D eigenvalue weighted by Crippen LogP contribution is 2.21. The molecule has 0 fully saturated rings. The highest BCUT2D eigenvalue weighted by molar-refractivity contribution is 5.97. The van der Waals surface area contributed by atoms with Gasteiger partial charge in [-0.3, -0.25) is 0 Å². The Morgan fingerprint density at radius 1 is 0.700 bits per heavy atom. The smallest absolute Gasteiger partial charge is 0.127 e. The number of hydrogen-bond donors (Lipinski definition) is 2. The molecule has 0 saturated carbocycles. The van der Waals surface area contributed by atoms with E-state index in [-0.39, 0.29) is 5.41 Å². The maximum Gasteiger partial charge on any atom is 0.127 e. The monoisotopic (exact) mass is 401 g/mol. The number of hydrogen-bond acceptors (Lipinski definition) is 2. The SMILES string of the molecule is Cc1ccc(/C(N)=N/C(N)c2ccc(C)cc2)cc1.Cc1ccc(C(C)(C)C)cc1. The van der Waals surface area contributed by atoms with Gasteiger partial charge in [-0.1, -0.05) is 110 Å². The number of benzene rings is 3. The molecule has 30 heavy (non-hydrogen) atoms. The lowest BCUT2D eigenvalue weighted by atomic mass is 9.87. The number of amidine groups is 1. The second kappa shape index (κ2) is 10.2. The van der Waals surface area contributed by atoms with E-state index in [2.05, 4.69) is 57.0 Å². The Hall–Kier alpha value is -2.91. The van der Waals surface area contributed by atoms with Crippen molar-refractivity contribution >= 4 is 5.84 Å². The number of aliphatic imine (C=N–C) groups is 1. The molecule has 0 heterocycles. The van der Waals surface area contributed by atoms with Crippen LogP contribution in [-0.4, -0.2) is 5.84 Å². The molecular formula is C27H35N3. The second-order valence-corrected chi connectivity index (χ2v) is 8.85. The zero-order valence-corrected chi connectivity index (χ0v) is 19.1. The average Bonchev–Trinajstić information content (AvgIpc) is 2.69. The maximum absolute atomic E-state index is 6.05. The van der Waals surface area contributed by atoms with Gasteiger partial charge >= 0.3 is 0 Å². The van der Waals surface area contributed by atoms with Crippen molar-refractivity contribution in [1.82, 2.24) is 0 Å². The van der Waals surface area contributed by atoms with E-state index < -0.39 is 6.17 Å². The van der Waals surface area contributed by atoms with Crippen LogP contribution in [0.25, 0.3) is 0 Å². The van der Waals surface area contributed by atoms with E-state index in [9.17, 15) is 0 Å². The van der Waals surface area contributed by atoms with Gasteiger partial charge in [0.25, 0.3) is 0 Å². The lowest BCUT2D eigenvalue weighted by Gasteiger charge is -2.18. The molecule has 3 nitrogen and oxygen atoms in total. The molecule has 3 rings (SSSR count). The van der Waals surface area contributed by atoms with Crippen molar-refractivity contribution in [2.24, 2.45) is 16.5 Å². The Morgan fingerprint density at radius 3 is 1.53 bits per heavy atom. The molecular weight excluding hydrogens is 366 g/mol. The van der Waals surface area contributed by atoms with Gasteiger partial charge in [0.1, 0.15) is 12.0 Å². The molecule has 158 valence electrons. The van der Waals surface area contributed by atoms with Crippen LogP contribution in [0.5, 0.6) is 0 Å². The lowest BCUT2D eigenvalue weighted by Crippen LogP contribution is -2.18. The normalized spacial score (nSPS) is 12.7. The predicted octanol–water partition coefficient (Wildman–Crippen LogP) is 5.96. The van der Waals surface area contributed by atoms with Crippen LogP contribution in [0.4, 0.5) is 0 Å². The first-order valence-electron chi connectivity index (χ1n) is 10.4. The van der Waals surface area contributed by atoms with Crippen molar-refractivity contribution in [3.05, 3.63) is 106 Å². The van der Waals surface area contributed by atoms with Gasteiger partial charge < -0.3 is 11.5 Å². The van der Waals surface area contributed by atoms with Gasteiger partial charge in [-0.2, -0.15) is 0 Å². The molecule has 0 aromatic heterocycles. The summed E-state index contributed by atoms with van der Waals surface area (Å²) in [4.78, 5) is 4.35. The Bertz CT molecular complexity index is 945. The van der Waals surface area contributed by atoms with Crippen LogP contribution in [0.1, 0.15) is 60.3 Å². The quantitative estimate of drug-likeness (QED) is 0.420. The summed E-state index contributed by atoms with van der Waals surface area (Å²) in [7, 11) is 0. The zero-order valence-electron chi connectivity index (χ0n) is 19.1. The minimum Gasteiger partial charge on any atom is -0.383 e. The molecule has 0 saturated heterocycles. The first-order chi connectivity index (χ1) is 14.1. The average molecular weight is 402 g/mol. The van der Waals surface area contributed by atoms with Crippen molar-refractivity contribution in [3.63, 3.8) is 0 Å². The molecule has 0 aliphatic heterocycles. The van der Waals surface area contributed by atoms with Gasteiger partial charge in [0.2, 0.25) is 0 Å². The van der Waals surface area contributed by atoms with E-state index in [1.807, 2.05) is 62.4 Å².